The van der Waals surface area contributed by atoms with Crippen molar-refractivity contribution in [3.63, 3.8) is 0 Å². The summed E-state index contributed by atoms with van der Waals surface area (Å²) in [5.74, 6) is 0. The average Bonchev–Trinajstić information content (AvgIpc) is 2.58. The molecule has 0 saturated carbocycles. The number of hydrogen-bond donors (Lipinski definition) is 0. The molecular formula is C13H15N3O2. The van der Waals surface area contributed by atoms with E-state index in [2.05, 4.69) is 31.0 Å². The largest absolute Gasteiger partial charge is 0.375 e. The SMILES string of the molecule is CC(C)(C)Cc1ccc(N2C(=O)N=NC2=O)cc1. The maximum absolute atomic E-state index is 11.3. The summed E-state index contributed by atoms with van der Waals surface area (Å²) in [6.45, 7) is 6.48. The first-order chi connectivity index (χ1) is 8.37. The van der Waals surface area contributed by atoms with E-state index in [0.717, 1.165) is 11.3 Å². The standard InChI is InChI=1S/C13H15N3O2/c1-13(2,3)8-9-4-6-10(7-5-9)16-11(17)14-15-12(16)18/h4-7H,8H2,1-3H3. The summed E-state index contributed by atoms with van der Waals surface area (Å²) in [6.07, 6.45) is 0.934. The molecule has 2 rings (SSSR count). The monoisotopic (exact) mass is 245 g/mol. The summed E-state index contributed by atoms with van der Waals surface area (Å²) < 4.78 is 0. The molecule has 4 amide bonds. The zero-order valence-electron chi connectivity index (χ0n) is 10.7. The van der Waals surface area contributed by atoms with Crippen LogP contribution in [0.3, 0.4) is 0 Å². The lowest BCUT2D eigenvalue weighted by Gasteiger charge is -2.18. The Labute approximate surface area is 106 Å². The highest BCUT2D eigenvalue weighted by molar-refractivity contribution is 6.17. The highest BCUT2D eigenvalue weighted by Crippen LogP contribution is 2.24. The Balaban J connectivity index is 2.18. The van der Waals surface area contributed by atoms with Crippen LogP contribution in [0.1, 0.15) is 26.3 Å². The second-order valence-electron chi connectivity index (χ2n) is 5.50. The molecule has 1 aliphatic rings. The van der Waals surface area contributed by atoms with Crippen LogP contribution in [0.25, 0.3) is 0 Å². The quantitative estimate of drug-likeness (QED) is 0.795. The highest BCUT2D eigenvalue weighted by atomic mass is 16.2. The molecule has 0 spiro atoms. The Morgan fingerprint density at radius 2 is 1.50 bits per heavy atom. The highest BCUT2D eigenvalue weighted by Gasteiger charge is 2.28. The van der Waals surface area contributed by atoms with Gasteiger partial charge in [0, 0.05) is 0 Å². The first-order valence-corrected chi connectivity index (χ1v) is 5.75. The fraction of sp³-hybridized carbons (Fsp3) is 0.385. The topological polar surface area (TPSA) is 62.1 Å². The van der Waals surface area contributed by atoms with Gasteiger partial charge in [-0.2, -0.15) is 0 Å². The van der Waals surface area contributed by atoms with Crippen molar-refractivity contribution in [3.8, 4) is 0 Å². The van der Waals surface area contributed by atoms with E-state index in [1.807, 2.05) is 12.1 Å². The molecule has 1 aromatic carbocycles. The number of anilines is 1. The Morgan fingerprint density at radius 3 is 1.94 bits per heavy atom. The van der Waals surface area contributed by atoms with Crippen LogP contribution in [0.5, 0.6) is 0 Å². The molecule has 1 heterocycles. The fourth-order valence-electron chi connectivity index (χ4n) is 1.85. The lowest BCUT2D eigenvalue weighted by molar-refractivity contribution is 0.249. The molecule has 5 heteroatoms. The van der Waals surface area contributed by atoms with E-state index in [4.69, 9.17) is 0 Å². The van der Waals surface area contributed by atoms with Crippen molar-refractivity contribution in [3.05, 3.63) is 29.8 Å². The molecule has 0 aromatic heterocycles. The van der Waals surface area contributed by atoms with Gasteiger partial charge in [-0.15, -0.1) is 0 Å². The molecule has 0 saturated heterocycles. The minimum atomic E-state index is -0.636. The number of carbonyl (C=O) groups is 2. The molecule has 0 N–H and O–H groups in total. The van der Waals surface area contributed by atoms with E-state index in [1.165, 1.54) is 5.56 Å². The number of hydrogen-bond acceptors (Lipinski definition) is 2. The van der Waals surface area contributed by atoms with Gasteiger partial charge < -0.3 is 0 Å². The molecule has 1 aliphatic heterocycles. The van der Waals surface area contributed by atoms with Crippen molar-refractivity contribution in [2.45, 2.75) is 27.2 Å². The van der Waals surface area contributed by atoms with E-state index in [0.29, 0.717) is 5.69 Å². The van der Waals surface area contributed by atoms with Gasteiger partial charge in [0.15, 0.2) is 0 Å². The number of nitrogens with zero attached hydrogens (tertiary/aromatic N) is 3. The maximum atomic E-state index is 11.3. The number of azo groups is 1. The fourth-order valence-corrected chi connectivity index (χ4v) is 1.85. The van der Waals surface area contributed by atoms with Crippen molar-refractivity contribution >= 4 is 17.7 Å². The van der Waals surface area contributed by atoms with Crippen molar-refractivity contribution < 1.29 is 9.59 Å². The maximum Gasteiger partial charge on any atom is 0.375 e. The number of amides is 4. The molecule has 1 aromatic rings. The minimum Gasteiger partial charge on any atom is -0.243 e. The number of benzene rings is 1. The van der Waals surface area contributed by atoms with Crippen LogP contribution < -0.4 is 4.90 Å². The zero-order valence-corrected chi connectivity index (χ0v) is 10.7. The average molecular weight is 245 g/mol. The zero-order chi connectivity index (χ0) is 13.3. The molecule has 0 aliphatic carbocycles. The van der Waals surface area contributed by atoms with Crippen molar-refractivity contribution in [2.75, 3.05) is 4.90 Å². The van der Waals surface area contributed by atoms with Crippen LogP contribution in [-0.2, 0) is 6.42 Å². The summed E-state index contributed by atoms with van der Waals surface area (Å²) in [6, 6.07) is 6.05. The molecular weight excluding hydrogens is 230 g/mol. The van der Waals surface area contributed by atoms with Gasteiger partial charge in [-0.25, -0.2) is 14.5 Å². The number of imide groups is 1. The third-order valence-corrected chi connectivity index (χ3v) is 2.53. The van der Waals surface area contributed by atoms with Crippen LogP contribution in [0, 0.1) is 5.41 Å². The Kier molecular flexibility index (Phi) is 2.98. The van der Waals surface area contributed by atoms with Crippen LogP contribution in [0.2, 0.25) is 0 Å². The van der Waals surface area contributed by atoms with Crippen LogP contribution >= 0.6 is 0 Å². The molecule has 5 nitrogen and oxygen atoms in total. The summed E-state index contributed by atoms with van der Waals surface area (Å²) in [5, 5.41) is 6.44. The van der Waals surface area contributed by atoms with E-state index in [9.17, 15) is 9.59 Å². The van der Waals surface area contributed by atoms with Gasteiger partial charge in [0.25, 0.3) is 0 Å². The van der Waals surface area contributed by atoms with Gasteiger partial charge in [0.2, 0.25) is 0 Å². The van der Waals surface area contributed by atoms with E-state index in [1.54, 1.807) is 12.1 Å². The van der Waals surface area contributed by atoms with E-state index < -0.39 is 12.1 Å². The van der Waals surface area contributed by atoms with Crippen LogP contribution in [-0.4, -0.2) is 12.1 Å². The van der Waals surface area contributed by atoms with Gasteiger partial charge in [-0.3, -0.25) is 0 Å². The molecule has 18 heavy (non-hydrogen) atoms. The predicted octanol–water partition coefficient (Wildman–Crippen LogP) is 3.79. The lowest BCUT2D eigenvalue weighted by atomic mass is 9.88. The minimum absolute atomic E-state index is 0.200. The number of rotatable bonds is 2. The van der Waals surface area contributed by atoms with Crippen LogP contribution in [0.15, 0.2) is 34.5 Å². The second kappa shape index (κ2) is 4.33. The first-order valence-electron chi connectivity index (χ1n) is 5.75. The Bertz CT molecular complexity index is 494. The van der Waals surface area contributed by atoms with Crippen molar-refractivity contribution in [1.82, 2.24) is 0 Å². The van der Waals surface area contributed by atoms with Gasteiger partial charge in [-0.1, -0.05) is 43.1 Å². The number of urea groups is 2. The smallest absolute Gasteiger partial charge is 0.243 e. The molecule has 94 valence electrons. The van der Waals surface area contributed by atoms with Crippen LogP contribution in [0.4, 0.5) is 15.3 Å². The molecule has 0 radical (unpaired) electrons. The molecule has 0 unspecified atom stereocenters. The third-order valence-electron chi connectivity index (χ3n) is 2.53. The predicted molar refractivity (Wildman–Crippen MR) is 67.7 cm³/mol. The summed E-state index contributed by atoms with van der Waals surface area (Å²) in [7, 11) is 0. The van der Waals surface area contributed by atoms with E-state index >= 15 is 0 Å². The molecule has 0 bridgehead atoms. The summed E-state index contributed by atoms with van der Waals surface area (Å²) in [5.41, 5.74) is 1.87. The van der Waals surface area contributed by atoms with Gasteiger partial charge >= 0.3 is 12.1 Å². The Morgan fingerprint density at radius 1 is 1.00 bits per heavy atom. The normalized spacial score (nSPS) is 15.6. The second-order valence-corrected chi connectivity index (χ2v) is 5.50. The third kappa shape index (κ3) is 2.61. The summed E-state index contributed by atoms with van der Waals surface area (Å²) in [4.78, 5) is 23.6. The van der Waals surface area contributed by atoms with Gasteiger partial charge in [-0.05, 0) is 29.5 Å². The van der Waals surface area contributed by atoms with Gasteiger partial charge in [0.1, 0.15) is 0 Å². The Hall–Kier alpha value is -2.04. The first kappa shape index (κ1) is 12.4. The van der Waals surface area contributed by atoms with Crippen molar-refractivity contribution in [2.24, 2.45) is 15.6 Å². The molecule has 0 atom stereocenters. The summed E-state index contributed by atoms with van der Waals surface area (Å²) >= 11 is 0. The molecule has 0 fully saturated rings. The van der Waals surface area contributed by atoms with E-state index in [-0.39, 0.29) is 5.41 Å². The van der Waals surface area contributed by atoms with Crippen molar-refractivity contribution in [1.29, 1.82) is 0 Å². The lowest BCUT2D eigenvalue weighted by Crippen LogP contribution is -2.27. The number of carbonyl (C=O) groups excluding carboxylic acids is 2. The van der Waals surface area contributed by atoms with Gasteiger partial charge in [0.05, 0.1) is 5.69 Å².